The molecule has 5 rings (SSSR count). The smallest absolute Gasteiger partial charge is 0.283 e. The predicted octanol–water partition coefficient (Wildman–Crippen LogP) is 6.24. The summed E-state index contributed by atoms with van der Waals surface area (Å²) in [4.78, 5) is 9.24. The molecule has 1 aromatic carbocycles. The van der Waals surface area contributed by atoms with E-state index in [9.17, 15) is 8.78 Å². The Morgan fingerprint density at radius 3 is 2.93 bits per heavy atom. The molecular formula is C23H23BrF2N4. The SMILES string of the molecule is CC1CN=C(CCC[C@H]2CCc3ccccc32)c2cnc3c(Br)c(C(F)F)nn3c21. The van der Waals surface area contributed by atoms with Crippen LogP contribution in [0.4, 0.5) is 8.78 Å². The Bertz CT molecular complexity index is 1140. The summed E-state index contributed by atoms with van der Waals surface area (Å²) in [5, 5.41) is 4.18. The van der Waals surface area contributed by atoms with E-state index in [1.165, 1.54) is 24.0 Å². The molecule has 0 spiro atoms. The van der Waals surface area contributed by atoms with Crippen molar-refractivity contribution >= 4 is 27.3 Å². The summed E-state index contributed by atoms with van der Waals surface area (Å²) in [6, 6.07) is 8.76. The first-order chi connectivity index (χ1) is 14.5. The van der Waals surface area contributed by atoms with E-state index >= 15 is 0 Å². The van der Waals surface area contributed by atoms with Crippen LogP contribution in [0.5, 0.6) is 0 Å². The van der Waals surface area contributed by atoms with Gasteiger partial charge in [-0.1, -0.05) is 31.2 Å². The monoisotopic (exact) mass is 472 g/mol. The number of halogens is 3. The summed E-state index contributed by atoms with van der Waals surface area (Å²) in [5.74, 6) is 0.730. The van der Waals surface area contributed by atoms with Gasteiger partial charge in [-0.25, -0.2) is 18.3 Å². The fraction of sp³-hybridized carbons (Fsp3) is 0.435. The molecular weight excluding hydrogens is 450 g/mol. The van der Waals surface area contributed by atoms with Crippen molar-refractivity contribution in [1.29, 1.82) is 0 Å². The van der Waals surface area contributed by atoms with Crippen LogP contribution in [0.2, 0.25) is 0 Å². The molecule has 7 heteroatoms. The zero-order valence-electron chi connectivity index (χ0n) is 16.8. The van der Waals surface area contributed by atoms with Crippen molar-refractivity contribution in [2.24, 2.45) is 4.99 Å². The second-order valence-corrected chi connectivity index (χ2v) is 9.10. The lowest BCUT2D eigenvalue weighted by Gasteiger charge is -2.23. The third-order valence-electron chi connectivity index (χ3n) is 6.41. The number of alkyl halides is 2. The van der Waals surface area contributed by atoms with Crippen molar-refractivity contribution in [2.75, 3.05) is 6.54 Å². The number of benzene rings is 1. The van der Waals surface area contributed by atoms with Crippen LogP contribution in [0.3, 0.4) is 0 Å². The molecule has 0 radical (unpaired) electrons. The summed E-state index contributed by atoms with van der Waals surface area (Å²) in [5.41, 5.74) is 6.08. The molecule has 30 heavy (non-hydrogen) atoms. The Labute approximate surface area is 182 Å². The van der Waals surface area contributed by atoms with Crippen LogP contribution in [0, 0.1) is 0 Å². The summed E-state index contributed by atoms with van der Waals surface area (Å²) < 4.78 is 28.5. The van der Waals surface area contributed by atoms with E-state index in [1.807, 2.05) is 0 Å². The van der Waals surface area contributed by atoms with Crippen LogP contribution in [-0.2, 0) is 6.42 Å². The molecule has 156 valence electrons. The summed E-state index contributed by atoms with van der Waals surface area (Å²) in [7, 11) is 0. The molecule has 1 aliphatic carbocycles. The molecule has 1 aliphatic heterocycles. The number of hydrogen-bond donors (Lipinski definition) is 0. The van der Waals surface area contributed by atoms with Gasteiger partial charge in [0.15, 0.2) is 5.65 Å². The molecule has 2 aliphatic rings. The van der Waals surface area contributed by atoms with Crippen molar-refractivity contribution in [1.82, 2.24) is 14.6 Å². The average molecular weight is 473 g/mol. The molecule has 3 heterocycles. The average Bonchev–Trinajstić information content (AvgIpc) is 3.31. The fourth-order valence-corrected chi connectivity index (χ4v) is 5.44. The summed E-state index contributed by atoms with van der Waals surface area (Å²) >= 11 is 3.25. The van der Waals surface area contributed by atoms with Gasteiger partial charge in [0.2, 0.25) is 0 Å². The molecule has 0 fully saturated rings. The lowest BCUT2D eigenvalue weighted by atomic mass is 9.91. The van der Waals surface area contributed by atoms with Crippen molar-refractivity contribution in [3.8, 4) is 0 Å². The molecule has 0 bridgehead atoms. The predicted molar refractivity (Wildman–Crippen MR) is 117 cm³/mol. The van der Waals surface area contributed by atoms with Crippen molar-refractivity contribution in [3.05, 3.63) is 63.0 Å². The van der Waals surface area contributed by atoms with Gasteiger partial charge < -0.3 is 0 Å². The van der Waals surface area contributed by atoms with Gasteiger partial charge in [0.25, 0.3) is 6.43 Å². The minimum absolute atomic E-state index is 0.105. The number of aryl methyl sites for hydroxylation is 1. The topological polar surface area (TPSA) is 42.5 Å². The lowest BCUT2D eigenvalue weighted by Crippen LogP contribution is -2.21. The molecule has 1 unspecified atom stereocenters. The molecule has 2 atom stereocenters. The van der Waals surface area contributed by atoms with Gasteiger partial charge in [0.1, 0.15) is 5.69 Å². The quantitative estimate of drug-likeness (QED) is 0.441. The zero-order valence-corrected chi connectivity index (χ0v) is 18.4. The van der Waals surface area contributed by atoms with Gasteiger partial charge in [0, 0.05) is 29.9 Å². The van der Waals surface area contributed by atoms with Crippen LogP contribution >= 0.6 is 15.9 Å². The first-order valence-electron chi connectivity index (χ1n) is 10.5. The Morgan fingerprint density at radius 2 is 2.10 bits per heavy atom. The lowest BCUT2D eigenvalue weighted by molar-refractivity contribution is 0.145. The molecule has 0 saturated carbocycles. The highest BCUT2D eigenvalue weighted by Gasteiger charge is 2.28. The number of nitrogens with zero attached hydrogens (tertiary/aromatic N) is 4. The van der Waals surface area contributed by atoms with Gasteiger partial charge in [-0.15, -0.1) is 0 Å². The number of aliphatic imine (C=N–C) groups is 1. The Balaban J connectivity index is 1.38. The van der Waals surface area contributed by atoms with E-state index in [2.05, 4.69) is 57.2 Å². The van der Waals surface area contributed by atoms with Crippen LogP contribution in [-0.4, -0.2) is 26.9 Å². The standard InChI is InChI=1S/C23H23BrF2N4/c1-13-11-27-18(8-4-6-15-10-9-14-5-2-3-7-16(14)15)17-12-28-23-19(24)20(22(25)26)29-30(23)21(13)17/h2-3,5,7,12-13,15,22H,4,6,8-11H2,1H3/t13?,15-/m0/s1. The van der Waals surface area contributed by atoms with Gasteiger partial charge in [0.05, 0.1) is 10.2 Å². The van der Waals surface area contributed by atoms with Gasteiger partial charge in [-0.3, -0.25) is 4.99 Å². The molecule has 0 N–H and O–H groups in total. The van der Waals surface area contributed by atoms with Crippen molar-refractivity contribution < 1.29 is 8.78 Å². The fourth-order valence-electron chi connectivity index (χ4n) is 4.92. The number of fused-ring (bicyclic) bond motifs is 4. The molecule has 3 aromatic rings. The number of aromatic nitrogens is 3. The van der Waals surface area contributed by atoms with Crippen LogP contribution in [0.25, 0.3) is 5.65 Å². The first-order valence-corrected chi connectivity index (χ1v) is 11.3. The van der Waals surface area contributed by atoms with E-state index in [0.717, 1.165) is 36.2 Å². The first kappa shape index (κ1) is 19.8. The third-order valence-corrected chi connectivity index (χ3v) is 7.17. The maximum absolute atomic E-state index is 13.3. The van der Waals surface area contributed by atoms with Crippen LogP contribution in [0.1, 0.15) is 78.9 Å². The van der Waals surface area contributed by atoms with Crippen molar-refractivity contribution in [3.63, 3.8) is 0 Å². The van der Waals surface area contributed by atoms with E-state index in [4.69, 9.17) is 4.99 Å². The minimum Gasteiger partial charge on any atom is -0.288 e. The maximum atomic E-state index is 13.3. The zero-order chi connectivity index (χ0) is 20.8. The van der Waals surface area contributed by atoms with Crippen LogP contribution in [0.15, 0.2) is 39.9 Å². The maximum Gasteiger partial charge on any atom is 0.283 e. The number of hydrogen-bond acceptors (Lipinski definition) is 3. The van der Waals surface area contributed by atoms with E-state index in [0.29, 0.717) is 18.1 Å². The number of rotatable bonds is 5. The van der Waals surface area contributed by atoms with Crippen molar-refractivity contribution in [2.45, 2.75) is 57.3 Å². The van der Waals surface area contributed by atoms with Gasteiger partial charge in [-0.2, -0.15) is 5.10 Å². The van der Waals surface area contributed by atoms with Gasteiger partial charge >= 0.3 is 0 Å². The molecule has 2 aromatic heterocycles. The minimum atomic E-state index is -2.64. The van der Waals surface area contributed by atoms with Crippen LogP contribution < -0.4 is 0 Å². The second-order valence-electron chi connectivity index (χ2n) is 8.31. The van der Waals surface area contributed by atoms with E-state index in [1.54, 1.807) is 10.7 Å². The summed E-state index contributed by atoms with van der Waals surface area (Å²) in [6.07, 6.45) is 4.60. The third kappa shape index (κ3) is 3.27. The molecule has 0 saturated heterocycles. The highest BCUT2D eigenvalue weighted by Crippen LogP contribution is 2.37. The Hall–Kier alpha value is -2.15. The van der Waals surface area contributed by atoms with Gasteiger partial charge in [-0.05, 0) is 65.1 Å². The Morgan fingerprint density at radius 1 is 1.27 bits per heavy atom. The summed E-state index contributed by atoms with van der Waals surface area (Å²) in [6.45, 7) is 2.71. The highest BCUT2D eigenvalue weighted by atomic mass is 79.9. The van der Waals surface area contributed by atoms with E-state index < -0.39 is 6.43 Å². The molecule has 4 nitrogen and oxygen atoms in total. The Kier molecular flexibility index (Phi) is 5.17. The molecule has 0 amide bonds. The second kappa shape index (κ2) is 7.84. The highest BCUT2D eigenvalue weighted by molar-refractivity contribution is 9.10. The largest absolute Gasteiger partial charge is 0.288 e. The normalized spacial score (nSPS) is 20.5. The van der Waals surface area contributed by atoms with E-state index in [-0.39, 0.29) is 16.1 Å².